The van der Waals surface area contributed by atoms with Crippen LogP contribution in [0.5, 0.6) is 0 Å². The lowest BCUT2D eigenvalue weighted by atomic mass is 10.0. The smallest absolute Gasteiger partial charge is 0.240 e. The fourth-order valence-electron chi connectivity index (χ4n) is 1.87. The molecule has 1 aromatic carbocycles. The molecular formula is C13H18ClF2N3O3S. The molecule has 1 aliphatic heterocycles. The Balaban J connectivity index is 0.00000264. The van der Waals surface area contributed by atoms with E-state index in [4.69, 9.17) is 0 Å². The molecule has 3 N–H and O–H groups in total. The minimum atomic E-state index is -3.97. The minimum Gasteiger partial charge on any atom is -0.356 e. The SMILES string of the molecule is Cl.O=C(CCNS(=O)(=O)c1ccc(F)c(F)c1)NCC1CNC1. The Hall–Kier alpha value is -1.29. The second-order valence-corrected chi connectivity index (χ2v) is 6.82. The van der Waals surface area contributed by atoms with Crippen LogP contribution in [0, 0.1) is 17.6 Å². The molecule has 0 bridgehead atoms. The van der Waals surface area contributed by atoms with Crippen LogP contribution >= 0.6 is 12.4 Å². The maximum Gasteiger partial charge on any atom is 0.240 e. The highest BCUT2D eigenvalue weighted by Crippen LogP contribution is 2.13. The van der Waals surface area contributed by atoms with Gasteiger partial charge in [0.05, 0.1) is 4.90 Å². The van der Waals surface area contributed by atoms with Crippen LogP contribution in [0.4, 0.5) is 8.78 Å². The average molecular weight is 370 g/mol. The van der Waals surface area contributed by atoms with Gasteiger partial charge in [-0.25, -0.2) is 21.9 Å². The number of carbonyl (C=O) groups is 1. The molecule has 0 atom stereocenters. The number of rotatable bonds is 7. The van der Waals surface area contributed by atoms with Gasteiger partial charge in [-0.2, -0.15) is 0 Å². The lowest BCUT2D eigenvalue weighted by molar-refractivity contribution is -0.121. The van der Waals surface area contributed by atoms with Crippen molar-refractivity contribution < 1.29 is 22.0 Å². The van der Waals surface area contributed by atoms with Gasteiger partial charge in [0.15, 0.2) is 11.6 Å². The van der Waals surface area contributed by atoms with Gasteiger partial charge in [0.2, 0.25) is 15.9 Å². The summed E-state index contributed by atoms with van der Waals surface area (Å²) in [5.74, 6) is -2.21. The number of amides is 1. The Kier molecular flexibility index (Phi) is 7.33. The van der Waals surface area contributed by atoms with Crippen molar-refractivity contribution in [3.8, 4) is 0 Å². The van der Waals surface area contributed by atoms with Crippen LogP contribution < -0.4 is 15.4 Å². The third kappa shape index (κ3) is 5.69. The van der Waals surface area contributed by atoms with Crippen molar-refractivity contribution in [2.75, 3.05) is 26.2 Å². The molecule has 130 valence electrons. The topological polar surface area (TPSA) is 87.3 Å². The summed E-state index contributed by atoms with van der Waals surface area (Å²) >= 11 is 0. The Labute approximate surface area is 139 Å². The van der Waals surface area contributed by atoms with E-state index in [2.05, 4.69) is 15.4 Å². The summed E-state index contributed by atoms with van der Waals surface area (Å²) in [6.45, 7) is 2.17. The second kappa shape index (κ2) is 8.53. The van der Waals surface area contributed by atoms with Gasteiger partial charge in [-0.05, 0) is 18.2 Å². The van der Waals surface area contributed by atoms with E-state index >= 15 is 0 Å². The third-order valence-corrected chi connectivity index (χ3v) is 4.76. The van der Waals surface area contributed by atoms with E-state index in [1.807, 2.05) is 0 Å². The van der Waals surface area contributed by atoms with Crippen molar-refractivity contribution in [1.29, 1.82) is 0 Å². The van der Waals surface area contributed by atoms with Gasteiger partial charge < -0.3 is 10.6 Å². The molecule has 23 heavy (non-hydrogen) atoms. The van der Waals surface area contributed by atoms with Gasteiger partial charge in [-0.15, -0.1) is 12.4 Å². The first-order valence-corrected chi connectivity index (χ1v) is 8.29. The van der Waals surface area contributed by atoms with Crippen molar-refractivity contribution in [2.45, 2.75) is 11.3 Å². The predicted molar refractivity (Wildman–Crippen MR) is 82.8 cm³/mol. The molecule has 1 aromatic rings. The molecule has 0 aliphatic carbocycles. The van der Waals surface area contributed by atoms with E-state index in [1.165, 1.54) is 0 Å². The Bertz CT molecular complexity index is 654. The highest BCUT2D eigenvalue weighted by Gasteiger charge is 2.18. The van der Waals surface area contributed by atoms with Crippen molar-refractivity contribution in [1.82, 2.24) is 15.4 Å². The normalized spacial score (nSPS) is 14.7. The van der Waals surface area contributed by atoms with Gasteiger partial charge in [-0.1, -0.05) is 0 Å². The molecule has 1 heterocycles. The lowest BCUT2D eigenvalue weighted by Crippen LogP contribution is -2.48. The summed E-state index contributed by atoms with van der Waals surface area (Å²) in [6.07, 6.45) is -0.0247. The van der Waals surface area contributed by atoms with Crippen LogP contribution in [0.3, 0.4) is 0 Å². The first kappa shape index (κ1) is 19.8. The van der Waals surface area contributed by atoms with E-state index in [1.54, 1.807) is 0 Å². The molecule has 0 spiro atoms. The molecule has 1 amide bonds. The maximum absolute atomic E-state index is 13.0. The summed E-state index contributed by atoms with van der Waals surface area (Å²) < 4.78 is 51.7. The maximum atomic E-state index is 13.0. The largest absolute Gasteiger partial charge is 0.356 e. The van der Waals surface area contributed by atoms with E-state index in [0.29, 0.717) is 18.5 Å². The molecule has 0 saturated carbocycles. The highest BCUT2D eigenvalue weighted by molar-refractivity contribution is 7.89. The summed E-state index contributed by atoms with van der Waals surface area (Å²) in [5.41, 5.74) is 0. The van der Waals surface area contributed by atoms with Gasteiger partial charge in [0.1, 0.15) is 0 Å². The van der Waals surface area contributed by atoms with Crippen LogP contribution in [-0.4, -0.2) is 40.5 Å². The number of carbonyl (C=O) groups excluding carboxylic acids is 1. The molecule has 0 unspecified atom stereocenters. The predicted octanol–water partition coefficient (Wildman–Crippen LogP) is 0.391. The highest BCUT2D eigenvalue weighted by atomic mass is 35.5. The van der Waals surface area contributed by atoms with Gasteiger partial charge >= 0.3 is 0 Å². The van der Waals surface area contributed by atoms with Crippen molar-refractivity contribution in [3.63, 3.8) is 0 Å². The average Bonchev–Trinajstić information content (AvgIpc) is 2.39. The van der Waals surface area contributed by atoms with E-state index in [0.717, 1.165) is 25.2 Å². The Morgan fingerprint density at radius 1 is 1.26 bits per heavy atom. The zero-order valence-electron chi connectivity index (χ0n) is 12.1. The van der Waals surface area contributed by atoms with E-state index in [9.17, 15) is 22.0 Å². The van der Waals surface area contributed by atoms with Gasteiger partial charge in [0, 0.05) is 38.5 Å². The molecule has 1 fully saturated rings. The summed E-state index contributed by atoms with van der Waals surface area (Å²) in [5, 5.41) is 5.78. The van der Waals surface area contributed by atoms with Crippen LogP contribution in [0.15, 0.2) is 23.1 Å². The first-order chi connectivity index (χ1) is 10.4. The zero-order chi connectivity index (χ0) is 16.2. The van der Waals surface area contributed by atoms with Crippen LogP contribution in [-0.2, 0) is 14.8 Å². The molecule has 1 aliphatic rings. The number of sulfonamides is 1. The molecule has 0 aromatic heterocycles. The summed E-state index contributed by atoms with van der Waals surface area (Å²) in [4.78, 5) is 11.2. The quantitative estimate of drug-likeness (QED) is 0.649. The molecule has 1 saturated heterocycles. The van der Waals surface area contributed by atoms with Gasteiger partial charge in [-0.3, -0.25) is 4.79 Å². The third-order valence-electron chi connectivity index (χ3n) is 3.30. The van der Waals surface area contributed by atoms with E-state index in [-0.39, 0.29) is 36.2 Å². The molecule has 0 radical (unpaired) electrons. The molecule has 6 nitrogen and oxygen atoms in total. The number of halogens is 3. The van der Waals surface area contributed by atoms with Crippen LogP contribution in [0.25, 0.3) is 0 Å². The summed E-state index contributed by atoms with van der Waals surface area (Å²) in [6, 6.07) is 2.30. The second-order valence-electron chi connectivity index (χ2n) is 5.05. The first-order valence-electron chi connectivity index (χ1n) is 6.80. The summed E-state index contributed by atoms with van der Waals surface area (Å²) in [7, 11) is -3.97. The van der Waals surface area contributed by atoms with Crippen molar-refractivity contribution in [3.05, 3.63) is 29.8 Å². The van der Waals surface area contributed by atoms with Crippen molar-refractivity contribution >= 4 is 28.3 Å². The molecular weight excluding hydrogens is 352 g/mol. The molecule has 2 rings (SSSR count). The number of nitrogens with one attached hydrogen (secondary N) is 3. The minimum absolute atomic E-state index is 0. The van der Waals surface area contributed by atoms with E-state index < -0.39 is 21.7 Å². The molecule has 10 heteroatoms. The standard InChI is InChI=1S/C13H17F2N3O3S.ClH/c14-11-2-1-10(5-12(11)15)22(20,21)18-4-3-13(19)17-8-9-6-16-7-9;/h1-2,5,9,16,18H,3-4,6-8H2,(H,17,19);1H. The van der Waals surface area contributed by atoms with Gasteiger partial charge in [0.25, 0.3) is 0 Å². The number of benzene rings is 1. The fraction of sp³-hybridized carbons (Fsp3) is 0.462. The van der Waals surface area contributed by atoms with Crippen LogP contribution in [0.2, 0.25) is 0 Å². The number of hydrogen-bond acceptors (Lipinski definition) is 4. The fourth-order valence-corrected chi connectivity index (χ4v) is 2.91. The van der Waals surface area contributed by atoms with Crippen LogP contribution in [0.1, 0.15) is 6.42 Å². The monoisotopic (exact) mass is 369 g/mol. The van der Waals surface area contributed by atoms with Crippen molar-refractivity contribution in [2.24, 2.45) is 5.92 Å². The zero-order valence-corrected chi connectivity index (χ0v) is 13.8. The Morgan fingerprint density at radius 3 is 2.52 bits per heavy atom. The number of hydrogen-bond donors (Lipinski definition) is 3. The lowest BCUT2D eigenvalue weighted by Gasteiger charge is -2.27. The Morgan fingerprint density at radius 2 is 1.96 bits per heavy atom.